The highest BCUT2D eigenvalue weighted by Gasteiger charge is 2.07. The van der Waals surface area contributed by atoms with Gasteiger partial charge in [-0.25, -0.2) is 0 Å². The molecule has 0 heterocycles. The molecule has 3 aromatic carbocycles. The smallest absolute Gasteiger partial charge is 0.0498 e. The van der Waals surface area contributed by atoms with Crippen LogP contribution in [0.1, 0.15) is 0 Å². The van der Waals surface area contributed by atoms with Crippen LogP contribution in [-0.2, 0) is 10.8 Å². The SMILES string of the molecule is CS(=O)c1ccc(-c2ccccc2-c2ccccc2)cc1. The summed E-state index contributed by atoms with van der Waals surface area (Å²) in [6, 6.07) is 26.7. The minimum atomic E-state index is -0.935. The van der Waals surface area contributed by atoms with E-state index in [1.54, 1.807) is 6.26 Å². The van der Waals surface area contributed by atoms with Crippen LogP contribution in [-0.4, -0.2) is 10.5 Å². The largest absolute Gasteiger partial charge is 0.255 e. The molecule has 0 aromatic heterocycles. The molecule has 2 heteroatoms. The zero-order chi connectivity index (χ0) is 14.7. The van der Waals surface area contributed by atoms with Crippen molar-refractivity contribution in [3.8, 4) is 22.3 Å². The molecule has 0 aliphatic carbocycles. The standard InChI is InChI=1S/C19H16OS/c1-21(20)17-13-11-16(12-14-17)19-10-6-5-9-18(19)15-7-3-2-4-8-15/h2-14H,1H3. The van der Waals surface area contributed by atoms with Crippen LogP contribution in [0.5, 0.6) is 0 Å². The van der Waals surface area contributed by atoms with E-state index < -0.39 is 10.8 Å². The van der Waals surface area contributed by atoms with Crippen molar-refractivity contribution in [2.45, 2.75) is 4.90 Å². The number of benzene rings is 3. The summed E-state index contributed by atoms with van der Waals surface area (Å²) in [7, 11) is -0.935. The Kier molecular flexibility index (Phi) is 3.98. The highest BCUT2D eigenvalue weighted by atomic mass is 32.2. The molecule has 0 aliphatic heterocycles. The fourth-order valence-electron chi connectivity index (χ4n) is 2.43. The second-order valence-corrected chi connectivity index (χ2v) is 6.27. The molecular weight excluding hydrogens is 276 g/mol. The molecule has 0 saturated carbocycles. The van der Waals surface area contributed by atoms with Crippen molar-refractivity contribution < 1.29 is 4.21 Å². The van der Waals surface area contributed by atoms with E-state index in [1.807, 2.05) is 36.4 Å². The topological polar surface area (TPSA) is 17.1 Å². The van der Waals surface area contributed by atoms with Gasteiger partial charge in [0.2, 0.25) is 0 Å². The molecule has 104 valence electrons. The van der Waals surface area contributed by atoms with Crippen LogP contribution in [0.3, 0.4) is 0 Å². The fourth-order valence-corrected chi connectivity index (χ4v) is 2.95. The molecule has 0 spiro atoms. The molecule has 3 rings (SSSR count). The van der Waals surface area contributed by atoms with Gasteiger partial charge in [0.15, 0.2) is 0 Å². The van der Waals surface area contributed by atoms with Crippen LogP contribution in [0.2, 0.25) is 0 Å². The summed E-state index contributed by atoms with van der Waals surface area (Å²) in [4.78, 5) is 0.857. The summed E-state index contributed by atoms with van der Waals surface area (Å²) in [5.41, 5.74) is 4.75. The predicted molar refractivity (Wildman–Crippen MR) is 89.6 cm³/mol. The summed E-state index contributed by atoms with van der Waals surface area (Å²) in [5.74, 6) is 0. The van der Waals surface area contributed by atoms with Gasteiger partial charge in [0.05, 0.1) is 0 Å². The Balaban J connectivity index is 2.09. The molecule has 0 saturated heterocycles. The van der Waals surface area contributed by atoms with Gasteiger partial charge in [-0.3, -0.25) is 4.21 Å². The van der Waals surface area contributed by atoms with E-state index in [0.717, 1.165) is 10.5 Å². The van der Waals surface area contributed by atoms with Gasteiger partial charge >= 0.3 is 0 Å². The van der Waals surface area contributed by atoms with Crippen molar-refractivity contribution in [3.05, 3.63) is 78.9 Å². The third kappa shape index (κ3) is 2.96. The molecule has 0 aliphatic rings. The molecule has 21 heavy (non-hydrogen) atoms. The lowest BCUT2D eigenvalue weighted by Crippen LogP contribution is -1.88. The number of rotatable bonds is 3. The van der Waals surface area contributed by atoms with Crippen molar-refractivity contribution >= 4 is 10.8 Å². The Morgan fingerprint density at radius 1 is 0.619 bits per heavy atom. The summed E-state index contributed by atoms with van der Waals surface area (Å²) in [6.45, 7) is 0. The third-order valence-electron chi connectivity index (χ3n) is 3.51. The minimum absolute atomic E-state index is 0.857. The van der Waals surface area contributed by atoms with Gasteiger partial charge in [0, 0.05) is 22.0 Å². The molecule has 1 atom stereocenters. The van der Waals surface area contributed by atoms with E-state index in [0.29, 0.717) is 0 Å². The molecule has 0 radical (unpaired) electrons. The molecule has 0 bridgehead atoms. The fraction of sp³-hybridized carbons (Fsp3) is 0.0526. The van der Waals surface area contributed by atoms with Gasteiger partial charge in [0.25, 0.3) is 0 Å². The van der Waals surface area contributed by atoms with Gasteiger partial charge in [0.1, 0.15) is 0 Å². The van der Waals surface area contributed by atoms with Gasteiger partial charge < -0.3 is 0 Å². The normalized spacial score (nSPS) is 12.0. The predicted octanol–water partition coefficient (Wildman–Crippen LogP) is 4.76. The highest BCUT2D eigenvalue weighted by molar-refractivity contribution is 7.84. The van der Waals surface area contributed by atoms with E-state index in [2.05, 4.69) is 42.5 Å². The summed E-state index contributed by atoms with van der Waals surface area (Å²) in [6.07, 6.45) is 1.70. The van der Waals surface area contributed by atoms with Crippen LogP contribution >= 0.6 is 0 Å². The molecule has 1 nitrogen and oxygen atoms in total. The Hall–Kier alpha value is -2.19. The molecule has 3 aromatic rings. The van der Waals surface area contributed by atoms with E-state index >= 15 is 0 Å². The second kappa shape index (κ2) is 6.06. The Morgan fingerprint density at radius 3 is 1.62 bits per heavy atom. The Labute approximate surface area is 127 Å². The average Bonchev–Trinajstić information content (AvgIpc) is 2.56. The van der Waals surface area contributed by atoms with Crippen molar-refractivity contribution in [3.63, 3.8) is 0 Å². The van der Waals surface area contributed by atoms with E-state index in [4.69, 9.17) is 0 Å². The Bertz CT molecular complexity index is 761. The second-order valence-electron chi connectivity index (χ2n) is 4.89. The number of hydrogen-bond acceptors (Lipinski definition) is 1. The van der Waals surface area contributed by atoms with Gasteiger partial charge in [-0.1, -0.05) is 66.7 Å². The number of hydrogen-bond donors (Lipinski definition) is 0. The Morgan fingerprint density at radius 2 is 1.10 bits per heavy atom. The third-order valence-corrected chi connectivity index (χ3v) is 4.45. The first kappa shape index (κ1) is 13.8. The van der Waals surface area contributed by atoms with Gasteiger partial charge in [-0.2, -0.15) is 0 Å². The average molecular weight is 292 g/mol. The zero-order valence-corrected chi connectivity index (χ0v) is 12.6. The van der Waals surface area contributed by atoms with Crippen LogP contribution in [0.4, 0.5) is 0 Å². The highest BCUT2D eigenvalue weighted by Crippen LogP contribution is 2.32. The molecule has 0 amide bonds. The quantitative estimate of drug-likeness (QED) is 0.680. The van der Waals surface area contributed by atoms with Crippen LogP contribution in [0, 0.1) is 0 Å². The summed E-state index contributed by atoms with van der Waals surface area (Å²) >= 11 is 0. The first-order chi connectivity index (χ1) is 10.3. The van der Waals surface area contributed by atoms with Crippen molar-refractivity contribution in [2.75, 3.05) is 6.26 Å². The summed E-state index contributed by atoms with van der Waals surface area (Å²) in [5, 5.41) is 0. The van der Waals surface area contributed by atoms with E-state index in [1.165, 1.54) is 16.7 Å². The lowest BCUT2D eigenvalue weighted by molar-refractivity contribution is 0.687. The van der Waals surface area contributed by atoms with Crippen molar-refractivity contribution in [1.82, 2.24) is 0 Å². The van der Waals surface area contributed by atoms with Crippen molar-refractivity contribution in [1.29, 1.82) is 0 Å². The van der Waals surface area contributed by atoms with Gasteiger partial charge in [-0.15, -0.1) is 0 Å². The molecule has 1 unspecified atom stereocenters. The maximum absolute atomic E-state index is 11.5. The first-order valence-electron chi connectivity index (χ1n) is 6.84. The van der Waals surface area contributed by atoms with Crippen LogP contribution < -0.4 is 0 Å². The summed E-state index contributed by atoms with van der Waals surface area (Å²) < 4.78 is 11.5. The lowest BCUT2D eigenvalue weighted by atomic mass is 9.95. The minimum Gasteiger partial charge on any atom is -0.255 e. The zero-order valence-electron chi connectivity index (χ0n) is 11.8. The maximum Gasteiger partial charge on any atom is 0.0498 e. The molecule has 0 fully saturated rings. The molecular formula is C19H16OS. The van der Waals surface area contributed by atoms with E-state index in [9.17, 15) is 4.21 Å². The maximum atomic E-state index is 11.5. The van der Waals surface area contributed by atoms with Gasteiger partial charge in [-0.05, 0) is 34.4 Å². The lowest BCUT2D eigenvalue weighted by Gasteiger charge is -2.10. The first-order valence-corrected chi connectivity index (χ1v) is 8.40. The van der Waals surface area contributed by atoms with Crippen molar-refractivity contribution in [2.24, 2.45) is 0 Å². The molecule has 0 N–H and O–H groups in total. The van der Waals surface area contributed by atoms with Crippen LogP contribution in [0.15, 0.2) is 83.8 Å². The van der Waals surface area contributed by atoms with E-state index in [-0.39, 0.29) is 0 Å². The monoisotopic (exact) mass is 292 g/mol. The van der Waals surface area contributed by atoms with Crippen LogP contribution in [0.25, 0.3) is 22.3 Å².